The van der Waals surface area contributed by atoms with Gasteiger partial charge in [-0.05, 0) is 25.0 Å². The average molecular weight is 363 g/mol. The van der Waals surface area contributed by atoms with Gasteiger partial charge in [0.2, 0.25) is 0 Å². The highest BCUT2D eigenvalue weighted by atomic mass is 16.5. The van der Waals surface area contributed by atoms with Gasteiger partial charge < -0.3 is 25.6 Å². The predicted molar refractivity (Wildman–Crippen MR) is 97.0 cm³/mol. The van der Waals surface area contributed by atoms with E-state index in [4.69, 9.17) is 9.84 Å². The van der Waals surface area contributed by atoms with Crippen molar-refractivity contribution in [1.29, 1.82) is 0 Å². The molecule has 0 aromatic heterocycles. The van der Waals surface area contributed by atoms with E-state index in [9.17, 15) is 14.7 Å². The molecule has 1 amide bonds. The molecule has 1 aromatic carbocycles. The van der Waals surface area contributed by atoms with Crippen LogP contribution in [0.15, 0.2) is 23.2 Å². The summed E-state index contributed by atoms with van der Waals surface area (Å²) in [6.45, 7) is 1.88. The SMILES string of the molecule is O=C(O)CCNC(=O)c1ccc(OCCNC2=NCCCCC2)cc1O. The van der Waals surface area contributed by atoms with Gasteiger partial charge in [0.15, 0.2) is 0 Å². The largest absolute Gasteiger partial charge is 0.507 e. The number of carbonyl (C=O) groups excluding carboxylic acids is 1. The Balaban J connectivity index is 1.76. The fraction of sp³-hybridized carbons (Fsp3) is 0.500. The number of carboxylic acid groups (broad SMARTS) is 1. The minimum atomic E-state index is -0.998. The second-order valence-corrected chi connectivity index (χ2v) is 5.99. The first-order valence-corrected chi connectivity index (χ1v) is 8.79. The molecule has 0 fully saturated rings. The van der Waals surface area contributed by atoms with Gasteiger partial charge in [-0.15, -0.1) is 0 Å². The monoisotopic (exact) mass is 363 g/mol. The van der Waals surface area contributed by atoms with Crippen LogP contribution in [0.4, 0.5) is 0 Å². The van der Waals surface area contributed by atoms with Crippen molar-refractivity contribution in [2.45, 2.75) is 32.1 Å². The van der Waals surface area contributed by atoms with E-state index < -0.39 is 11.9 Å². The minimum Gasteiger partial charge on any atom is -0.507 e. The number of phenols is 1. The van der Waals surface area contributed by atoms with E-state index in [1.54, 1.807) is 6.07 Å². The lowest BCUT2D eigenvalue weighted by molar-refractivity contribution is -0.136. The maximum Gasteiger partial charge on any atom is 0.305 e. The van der Waals surface area contributed by atoms with Crippen LogP contribution < -0.4 is 15.4 Å². The average Bonchev–Trinajstić information content (AvgIpc) is 2.87. The highest BCUT2D eigenvalue weighted by Gasteiger charge is 2.12. The summed E-state index contributed by atoms with van der Waals surface area (Å²) < 4.78 is 5.57. The minimum absolute atomic E-state index is 0.00140. The molecule has 0 saturated carbocycles. The van der Waals surface area contributed by atoms with Gasteiger partial charge in [0.1, 0.15) is 18.1 Å². The number of rotatable bonds is 8. The van der Waals surface area contributed by atoms with Crippen LogP contribution in [0, 0.1) is 0 Å². The first-order valence-electron chi connectivity index (χ1n) is 8.79. The number of aromatic hydroxyl groups is 1. The van der Waals surface area contributed by atoms with E-state index in [1.807, 2.05) is 0 Å². The highest BCUT2D eigenvalue weighted by molar-refractivity contribution is 5.97. The number of aliphatic imine (C=N–C) groups is 1. The number of carboxylic acids is 1. The van der Waals surface area contributed by atoms with Crippen molar-refractivity contribution >= 4 is 17.7 Å². The first kappa shape index (κ1) is 19.6. The Morgan fingerprint density at radius 1 is 1.19 bits per heavy atom. The summed E-state index contributed by atoms with van der Waals surface area (Å²) in [5, 5.41) is 24.2. The number of phenolic OH excluding ortho intramolecular Hbond substituents is 1. The van der Waals surface area contributed by atoms with Crippen LogP contribution in [0.1, 0.15) is 42.5 Å². The molecule has 0 bridgehead atoms. The number of ether oxygens (including phenoxy) is 1. The quantitative estimate of drug-likeness (QED) is 0.520. The number of amidine groups is 1. The summed E-state index contributed by atoms with van der Waals surface area (Å²) in [4.78, 5) is 26.8. The second kappa shape index (κ2) is 10.3. The Kier molecular flexibility index (Phi) is 7.73. The first-order chi connectivity index (χ1) is 12.6. The summed E-state index contributed by atoms with van der Waals surface area (Å²) >= 11 is 0. The Morgan fingerprint density at radius 3 is 2.81 bits per heavy atom. The zero-order valence-corrected chi connectivity index (χ0v) is 14.7. The van der Waals surface area contributed by atoms with Crippen LogP contribution in [0.25, 0.3) is 0 Å². The third kappa shape index (κ3) is 6.62. The van der Waals surface area contributed by atoms with Gasteiger partial charge in [-0.25, -0.2) is 0 Å². The van der Waals surface area contributed by atoms with Crippen molar-refractivity contribution in [2.24, 2.45) is 4.99 Å². The van der Waals surface area contributed by atoms with Crippen LogP contribution in [0.5, 0.6) is 11.5 Å². The molecule has 1 aliphatic rings. The molecule has 4 N–H and O–H groups in total. The maximum atomic E-state index is 11.9. The number of benzene rings is 1. The van der Waals surface area contributed by atoms with E-state index in [2.05, 4.69) is 15.6 Å². The van der Waals surface area contributed by atoms with E-state index in [0.29, 0.717) is 18.9 Å². The van der Waals surface area contributed by atoms with Gasteiger partial charge in [-0.2, -0.15) is 0 Å². The lowest BCUT2D eigenvalue weighted by Gasteiger charge is -2.11. The van der Waals surface area contributed by atoms with Crippen molar-refractivity contribution in [3.8, 4) is 11.5 Å². The molecule has 0 unspecified atom stereocenters. The van der Waals surface area contributed by atoms with Crippen LogP contribution in [-0.2, 0) is 4.79 Å². The van der Waals surface area contributed by atoms with Crippen LogP contribution in [0.2, 0.25) is 0 Å². The van der Waals surface area contributed by atoms with Crippen molar-refractivity contribution in [2.75, 3.05) is 26.2 Å². The molecule has 0 spiro atoms. The summed E-state index contributed by atoms with van der Waals surface area (Å²) in [5.41, 5.74) is 0.0775. The summed E-state index contributed by atoms with van der Waals surface area (Å²) in [5.74, 6) is -0.266. The number of aliphatic carboxylic acids is 1. The van der Waals surface area contributed by atoms with E-state index in [0.717, 1.165) is 31.6 Å². The molecule has 1 heterocycles. The van der Waals surface area contributed by atoms with Crippen molar-refractivity contribution in [3.63, 3.8) is 0 Å². The lowest BCUT2D eigenvalue weighted by atomic mass is 10.1. The van der Waals surface area contributed by atoms with Crippen molar-refractivity contribution < 1.29 is 24.5 Å². The van der Waals surface area contributed by atoms with Crippen LogP contribution in [0.3, 0.4) is 0 Å². The maximum absolute atomic E-state index is 11.9. The highest BCUT2D eigenvalue weighted by Crippen LogP contribution is 2.23. The molecule has 0 atom stereocenters. The molecule has 26 heavy (non-hydrogen) atoms. The smallest absolute Gasteiger partial charge is 0.305 e. The molecule has 0 radical (unpaired) electrons. The number of hydrogen-bond acceptors (Lipinski definition) is 6. The molecular formula is C18H25N3O5. The van der Waals surface area contributed by atoms with Crippen LogP contribution in [-0.4, -0.2) is 54.2 Å². The Labute approximate surface area is 152 Å². The predicted octanol–water partition coefficient (Wildman–Crippen LogP) is 1.54. The number of amides is 1. The zero-order chi connectivity index (χ0) is 18.8. The normalized spacial score (nSPS) is 14.1. The molecule has 0 aliphatic carbocycles. The number of hydrogen-bond donors (Lipinski definition) is 4. The topological polar surface area (TPSA) is 120 Å². The van der Waals surface area contributed by atoms with E-state index >= 15 is 0 Å². The van der Waals surface area contributed by atoms with Gasteiger partial charge >= 0.3 is 5.97 Å². The van der Waals surface area contributed by atoms with Crippen LogP contribution >= 0.6 is 0 Å². The molecule has 8 heteroatoms. The molecule has 8 nitrogen and oxygen atoms in total. The molecular weight excluding hydrogens is 338 g/mol. The van der Waals surface area contributed by atoms with Gasteiger partial charge in [0.05, 0.1) is 24.4 Å². The summed E-state index contributed by atoms with van der Waals surface area (Å²) in [7, 11) is 0. The molecule has 1 aromatic rings. The molecule has 142 valence electrons. The number of nitrogens with one attached hydrogen (secondary N) is 2. The zero-order valence-electron chi connectivity index (χ0n) is 14.7. The fourth-order valence-electron chi connectivity index (χ4n) is 2.55. The van der Waals surface area contributed by atoms with Crippen molar-refractivity contribution in [1.82, 2.24) is 10.6 Å². The van der Waals surface area contributed by atoms with Gasteiger partial charge in [0, 0.05) is 25.6 Å². The Morgan fingerprint density at radius 2 is 2.04 bits per heavy atom. The van der Waals surface area contributed by atoms with E-state index in [-0.39, 0.29) is 24.3 Å². The Hall–Kier alpha value is -2.77. The molecule has 2 rings (SSSR count). The van der Waals surface area contributed by atoms with Gasteiger partial charge in [0.25, 0.3) is 5.91 Å². The second-order valence-electron chi connectivity index (χ2n) is 5.99. The summed E-state index contributed by atoms with van der Waals surface area (Å²) in [6, 6.07) is 4.41. The fourth-order valence-corrected chi connectivity index (χ4v) is 2.55. The summed E-state index contributed by atoms with van der Waals surface area (Å²) in [6.07, 6.45) is 4.28. The third-order valence-electron chi connectivity index (χ3n) is 3.91. The van der Waals surface area contributed by atoms with Gasteiger partial charge in [-0.1, -0.05) is 6.42 Å². The third-order valence-corrected chi connectivity index (χ3v) is 3.91. The Bertz CT molecular complexity index is 660. The van der Waals surface area contributed by atoms with E-state index in [1.165, 1.54) is 18.6 Å². The lowest BCUT2D eigenvalue weighted by Crippen LogP contribution is -2.28. The standard InChI is InChI=1S/C18H25N3O5/c22-15-12-13(5-6-14(15)18(25)21-9-7-17(23)24)26-11-10-20-16-4-2-1-3-8-19-16/h5-6,12,22H,1-4,7-11H2,(H,19,20)(H,21,25)(H,23,24). The number of nitrogens with zero attached hydrogens (tertiary/aromatic N) is 1. The van der Waals surface area contributed by atoms with Gasteiger partial charge in [-0.3, -0.25) is 14.6 Å². The molecule has 1 aliphatic heterocycles. The number of carbonyl (C=O) groups is 2. The van der Waals surface area contributed by atoms with Crippen molar-refractivity contribution in [3.05, 3.63) is 23.8 Å². The molecule has 0 saturated heterocycles.